The highest BCUT2D eigenvalue weighted by Crippen LogP contribution is 2.40. The molecule has 0 saturated carbocycles. The zero-order valence-corrected chi connectivity index (χ0v) is 19.9. The van der Waals surface area contributed by atoms with Gasteiger partial charge in [-0.05, 0) is 28.3 Å². The van der Waals surface area contributed by atoms with Crippen molar-refractivity contribution in [1.82, 2.24) is 0 Å². The topological polar surface area (TPSA) is 40.5 Å². The van der Waals surface area contributed by atoms with Gasteiger partial charge in [-0.3, -0.25) is 0 Å². The molecule has 0 aliphatic carbocycles. The minimum absolute atomic E-state index is 0.330. The molecule has 0 fully saturated rings. The molecule has 28 heavy (non-hydrogen) atoms. The third-order valence-electron chi connectivity index (χ3n) is 5.27. The summed E-state index contributed by atoms with van der Waals surface area (Å²) >= 11 is 0. The second kappa shape index (κ2) is 9.23. The number of hydrogen-bond acceptors (Lipinski definition) is 2. The summed E-state index contributed by atoms with van der Waals surface area (Å²) < 4.78 is 0. The number of aliphatic hydroxyl groups is 1. The van der Waals surface area contributed by atoms with Crippen LogP contribution in [-0.4, -0.2) is 32.4 Å². The zero-order chi connectivity index (χ0) is 20.8. The van der Waals surface area contributed by atoms with E-state index in [4.69, 9.17) is 0 Å². The molecule has 0 aromatic heterocycles. The molecule has 0 aliphatic heterocycles. The number of rotatable bonds is 7. The lowest BCUT2D eigenvalue weighted by molar-refractivity contribution is 0.161. The van der Waals surface area contributed by atoms with Crippen LogP contribution in [0.3, 0.4) is 0 Å². The van der Waals surface area contributed by atoms with Crippen LogP contribution in [0.5, 0.6) is 0 Å². The molecule has 2 aromatic rings. The van der Waals surface area contributed by atoms with Crippen LogP contribution >= 0.6 is 0 Å². The van der Waals surface area contributed by atoms with E-state index in [-0.39, 0.29) is 5.04 Å². The largest absolute Gasteiger partial charge is 0.424 e. The summed E-state index contributed by atoms with van der Waals surface area (Å²) in [7, 11) is -4.40. The molecule has 0 spiro atoms. The van der Waals surface area contributed by atoms with Gasteiger partial charge in [0.15, 0.2) is 0 Å². The Bertz CT molecular complexity index is 760. The van der Waals surface area contributed by atoms with Gasteiger partial charge in [0.05, 0.1) is 6.10 Å². The van der Waals surface area contributed by atoms with E-state index in [2.05, 4.69) is 45.0 Å². The minimum atomic E-state index is -3.00. The molecule has 1 unspecified atom stereocenters. The van der Waals surface area contributed by atoms with E-state index in [1.165, 1.54) is 0 Å². The summed E-state index contributed by atoms with van der Waals surface area (Å²) in [6, 6.07) is 20.1. The van der Waals surface area contributed by atoms with Crippen molar-refractivity contribution in [3.05, 3.63) is 60.7 Å². The van der Waals surface area contributed by atoms with Crippen LogP contribution in [0.25, 0.3) is 0 Å². The lowest BCUT2D eigenvalue weighted by Crippen LogP contribution is -2.65. The molecular formula is C24H34O2Si2. The summed E-state index contributed by atoms with van der Waals surface area (Å²) in [6.07, 6.45) is 1.45. The van der Waals surface area contributed by atoms with Gasteiger partial charge >= 0.3 is 0 Å². The van der Waals surface area contributed by atoms with Crippen molar-refractivity contribution in [2.24, 2.45) is 0 Å². The third-order valence-corrected chi connectivity index (χ3v) is 10.7. The maximum Gasteiger partial charge on any atom is 0.258 e. The van der Waals surface area contributed by atoms with Crippen molar-refractivity contribution in [1.29, 1.82) is 0 Å². The fourth-order valence-electron chi connectivity index (χ4n) is 3.55. The van der Waals surface area contributed by atoms with Crippen molar-refractivity contribution in [3.8, 4) is 11.5 Å². The molecule has 2 nitrogen and oxygen atoms in total. The van der Waals surface area contributed by atoms with E-state index >= 15 is 0 Å². The quantitative estimate of drug-likeness (QED) is 0.536. The van der Waals surface area contributed by atoms with Gasteiger partial charge in [-0.2, -0.15) is 0 Å². The van der Waals surface area contributed by atoms with Gasteiger partial charge in [0.25, 0.3) is 8.32 Å². The first kappa shape index (κ1) is 22.6. The second-order valence-corrected chi connectivity index (χ2v) is 18.0. The van der Waals surface area contributed by atoms with Crippen molar-refractivity contribution in [2.45, 2.75) is 63.9 Å². The van der Waals surface area contributed by atoms with Crippen molar-refractivity contribution < 1.29 is 9.90 Å². The maximum absolute atomic E-state index is 12.1. The Kier molecular flexibility index (Phi) is 7.47. The first-order valence-electron chi connectivity index (χ1n) is 10.1. The van der Waals surface area contributed by atoms with E-state index in [1.54, 1.807) is 0 Å². The number of benzene rings is 2. The van der Waals surface area contributed by atoms with Gasteiger partial charge in [-0.1, -0.05) is 94.2 Å². The van der Waals surface area contributed by atoms with E-state index in [1.807, 2.05) is 60.7 Å². The SMILES string of the molecule is CC(C)(CCC(O)CC#C[Si](C)(C)C)[Si](O)(c1ccccc1)c1ccccc1. The molecule has 2 rings (SSSR count). The molecule has 0 amide bonds. The minimum Gasteiger partial charge on any atom is -0.424 e. The van der Waals surface area contributed by atoms with Crippen LogP contribution in [-0.2, 0) is 0 Å². The molecule has 1 atom stereocenters. The molecule has 2 aromatic carbocycles. The van der Waals surface area contributed by atoms with E-state index in [0.29, 0.717) is 12.8 Å². The summed E-state index contributed by atoms with van der Waals surface area (Å²) in [6.45, 7) is 10.9. The number of aliphatic hydroxyl groups excluding tert-OH is 1. The normalized spacial score (nSPS) is 13.5. The van der Waals surface area contributed by atoms with Gasteiger partial charge in [0, 0.05) is 6.42 Å². The van der Waals surface area contributed by atoms with E-state index in [9.17, 15) is 9.90 Å². The summed E-state index contributed by atoms with van der Waals surface area (Å²) in [4.78, 5) is 12.1. The van der Waals surface area contributed by atoms with Gasteiger partial charge in [0.1, 0.15) is 8.07 Å². The molecule has 2 N–H and O–H groups in total. The molecule has 0 heterocycles. The molecule has 0 saturated heterocycles. The van der Waals surface area contributed by atoms with Gasteiger partial charge < -0.3 is 9.90 Å². The van der Waals surface area contributed by atoms with Crippen LogP contribution in [0.1, 0.15) is 33.1 Å². The lowest BCUT2D eigenvalue weighted by Gasteiger charge is -2.41. The molecule has 0 bridgehead atoms. The van der Waals surface area contributed by atoms with Gasteiger partial charge in [-0.25, -0.2) is 0 Å². The van der Waals surface area contributed by atoms with Crippen LogP contribution in [0.2, 0.25) is 24.7 Å². The van der Waals surface area contributed by atoms with Gasteiger partial charge in [0.2, 0.25) is 0 Å². The Morgan fingerprint density at radius 1 is 0.893 bits per heavy atom. The first-order chi connectivity index (χ1) is 13.1. The Labute approximate surface area is 172 Å². The van der Waals surface area contributed by atoms with Crippen molar-refractivity contribution >= 4 is 26.8 Å². The Morgan fingerprint density at radius 2 is 1.36 bits per heavy atom. The molecule has 150 valence electrons. The van der Waals surface area contributed by atoms with Crippen molar-refractivity contribution in [2.75, 3.05) is 0 Å². The highest BCUT2D eigenvalue weighted by molar-refractivity contribution is 6.98. The maximum atomic E-state index is 12.1. The van der Waals surface area contributed by atoms with Crippen LogP contribution in [0.15, 0.2) is 60.7 Å². The van der Waals surface area contributed by atoms with E-state index in [0.717, 1.165) is 16.8 Å². The summed E-state index contributed by atoms with van der Waals surface area (Å²) in [5, 5.41) is 12.2. The molecular weight excluding hydrogens is 376 g/mol. The van der Waals surface area contributed by atoms with Crippen LogP contribution < -0.4 is 10.4 Å². The smallest absolute Gasteiger partial charge is 0.258 e. The fourth-order valence-corrected chi connectivity index (χ4v) is 7.94. The lowest BCUT2D eigenvalue weighted by atomic mass is 10.0. The van der Waals surface area contributed by atoms with E-state index < -0.39 is 22.5 Å². The Hall–Kier alpha value is -1.65. The molecule has 0 radical (unpaired) electrons. The Balaban J connectivity index is 2.24. The third kappa shape index (κ3) is 5.68. The predicted molar refractivity (Wildman–Crippen MR) is 125 cm³/mol. The monoisotopic (exact) mass is 410 g/mol. The second-order valence-electron chi connectivity index (χ2n) is 9.27. The average Bonchev–Trinajstić information content (AvgIpc) is 2.66. The predicted octanol–water partition coefficient (Wildman–Crippen LogP) is 3.93. The highest BCUT2D eigenvalue weighted by atomic mass is 28.4. The number of hydrogen-bond donors (Lipinski definition) is 2. The summed E-state index contributed by atoms with van der Waals surface area (Å²) in [5.41, 5.74) is 3.32. The zero-order valence-electron chi connectivity index (χ0n) is 17.9. The molecule has 4 heteroatoms. The van der Waals surface area contributed by atoms with Crippen molar-refractivity contribution in [3.63, 3.8) is 0 Å². The molecule has 0 aliphatic rings. The van der Waals surface area contributed by atoms with Crippen LogP contribution in [0.4, 0.5) is 0 Å². The fraction of sp³-hybridized carbons (Fsp3) is 0.417. The Morgan fingerprint density at radius 3 is 1.79 bits per heavy atom. The van der Waals surface area contributed by atoms with Gasteiger partial charge in [-0.15, -0.1) is 11.5 Å². The summed E-state index contributed by atoms with van der Waals surface area (Å²) in [5.74, 6) is 3.17. The highest BCUT2D eigenvalue weighted by Gasteiger charge is 2.49. The van der Waals surface area contributed by atoms with Crippen LogP contribution in [0, 0.1) is 11.5 Å². The standard InChI is InChI=1S/C24H34O2Si2/c1-24(2,19-18-21(25)13-12-20-27(3,4)5)28(26,22-14-8-6-9-15-22)23-16-10-7-11-17-23/h6-11,14-17,21,25-26H,13,18-19H2,1-5H3. The average molecular weight is 411 g/mol. The first-order valence-corrected chi connectivity index (χ1v) is 15.5.